The Kier molecular flexibility index (Phi) is 3.84. The average Bonchev–Trinajstić information content (AvgIpc) is 2.83. The third-order valence-corrected chi connectivity index (χ3v) is 2.70. The summed E-state index contributed by atoms with van der Waals surface area (Å²) in [5, 5.41) is 13.2. The molecule has 1 aromatic carbocycles. The van der Waals surface area contributed by atoms with Crippen LogP contribution in [0, 0.1) is 0 Å². The van der Waals surface area contributed by atoms with Gasteiger partial charge in [0, 0.05) is 6.54 Å². The highest BCUT2D eigenvalue weighted by Crippen LogP contribution is 2.22. The molecule has 3 heteroatoms. The molecule has 0 saturated carbocycles. The lowest BCUT2D eigenvalue weighted by molar-refractivity contribution is 0.0770. The Labute approximate surface area is 107 Å². The topological polar surface area (TPSA) is 45.4 Å². The van der Waals surface area contributed by atoms with Gasteiger partial charge >= 0.3 is 0 Å². The summed E-state index contributed by atoms with van der Waals surface area (Å²) in [5.41, 5.74) is 0.372. The molecule has 1 atom stereocenters. The first kappa shape index (κ1) is 12.9. The van der Waals surface area contributed by atoms with Crippen LogP contribution in [0.4, 0.5) is 0 Å². The Balaban J connectivity index is 2.19. The summed E-state index contributed by atoms with van der Waals surface area (Å²) in [6.45, 7) is 4.06. The quantitative estimate of drug-likeness (QED) is 0.851. The molecule has 0 aliphatic heterocycles. The largest absolute Gasteiger partial charge is 0.467 e. The summed E-state index contributed by atoms with van der Waals surface area (Å²) in [5.74, 6) is 0.852. The van der Waals surface area contributed by atoms with Gasteiger partial charge in [-0.25, -0.2) is 0 Å². The van der Waals surface area contributed by atoms with Crippen LogP contribution in [0.15, 0.2) is 53.1 Å². The van der Waals surface area contributed by atoms with Crippen molar-refractivity contribution in [3.05, 3.63) is 60.1 Å². The Bertz CT molecular complexity index is 457. The summed E-state index contributed by atoms with van der Waals surface area (Å²) in [6.07, 6.45) is 1.66. The normalized spacial score (nSPS) is 13.5. The van der Waals surface area contributed by atoms with Gasteiger partial charge in [-0.3, -0.25) is 0 Å². The molecule has 96 valence electrons. The molecule has 0 fully saturated rings. The van der Waals surface area contributed by atoms with E-state index < -0.39 is 5.60 Å². The minimum Gasteiger partial charge on any atom is -0.467 e. The summed E-state index contributed by atoms with van der Waals surface area (Å²) in [7, 11) is 0. The third-order valence-electron chi connectivity index (χ3n) is 2.70. The van der Waals surface area contributed by atoms with Crippen LogP contribution in [0.5, 0.6) is 0 Å². The molecule has 0 aliphatic rings. The fourth-order valence-corrected chi connectivity index (χ4v) is 1.84. The summed E-state index contributed by atoms with van der Waals surface area (Å²) < 4.78 is 5.47. The van der Waals surface area contributed by atoms with Crippen LogP contribution >= 0.6 is 0 Å². The minimum absolute atomic E-state index is 0.0346. The van der Waals surface area contributed by atoms with Crippen LogP contribution in [0.25, 0.3) is 0 Å². The molecule has 1 unspecified atom stereocenters. The molecule has 18 heavy (non-hydrogen) atoms. The van der Waals surface area contributed by atoms with Gasteiger partial charge in [0.25, 0.3) is 0 Å². The summed E-state index contributed by atoms with van der Waals surface area (Å²) in [4.78, 5) is 0. The van der Waals surface area contributed by atoms with Gasteiger partial charge in [0.2, 0.25) is 0 Å². The van der Waals surface area contributed by atoms with Crippen molar-refractivity contribution in [1.82, 2.24) is 5.32 Å². The van der Waals surface area contributed by atoms with E-state index >= 15 is 0 Å². The van der Waals surface area contributed by atoms with Gasteiger partial charge in [-0.15, -0.1) is 0 Å². The molecular weight excluding hydrogens is 226 g/mol. The molecule has 2 N–H and O–H groups in total. The van der Waals surface area contributed by atoms with Crippen LogP contribution in [-0.2, 0) is 0 Å². The van der Waals surface area contributed by atoms with E-state index in [4.69, 9.17) is 4.42 Å². The second-order valence-electron chi connectivity index (χ2n) is 5.05. The predicted octanol–water partition coefficient (Wildman–Crippen LogP) is 2.73. The zero-order valence-corrected chi connectivity index (χ0v) is 10.8. The van der Waals surface area contributed by atoms with Gasteiger partial charge in [0.05, 0.1) is 17.9 Å². The lowest BCUT2D eigenvalue weighted by Gasteiger charge is -2.23. The first-order chi connectivity index (χ1) is 8.56. The molecule has 1 aromatic heterocycles. The number of hydrogen-bond donors (Lipinski definition) is 2. The number of rotatable bonds is 5. The first-order valence-electron chi connectivity index (χ1n) is 6.10. The zero-order chi connectivity index (χ0) is 13.0. The predicted molar refractivity (Wildman–Crippen MR) is 71.3 cm³/mol. The van der Waals surface area contributed by atoms with E-state index in [2.05, 4.69) is 5.32 Å². The minimum atomic E-state index is -0.750. The summed E-state index contributed by atoms with van der Waals surface area (Å²) >= 11 is 0. The van der Waals surface area contributed by atoms with Crippen LogP contribution in [0.1, 0.15) is 31.2 Å². The van der Waals surface area contributed by atoms with Crippen LogP contribution < -0.4 is 5.32 Å². The maximum atomic E-state index is 9.82. The van der Waals surface area contributed by atoms with Gasteiger partial charge in [-0.1, -0.05) is 30.3 Å². The molecule has 0 radical (unpaired) electrons. The van der Waals surface area contributed by atoms with Gasteiger partial charge in [-0.2, -0.15) is 0 Å². The van der Waals surface area contributed by atoms with Crippen molar-refractivity contribution in [2.24, 2.45) is 0 Å². The molecule has 0 spiro atoms. The van der Waals surface area contributed by atoms with E-state index in [-0.39, 0.29) is 6.04 Å². The molecular formula is C15H19NO2. The first-order valence-corrected chi connectivity index (χ1v) is 6.10. The van der Waals surface area contributed by atoms with Crippen molar-refractivity contribution in [2.75, 3.05) is 6.54 Å². The molecule has 0 bridgehead atoms. The standard InChI is InChI=1S/C15H19NO2/c1-15(2,17)11-16-14(13-9-6-10-18-13)12-7-4-3-5-8-12/h3-10,14,16-17H,11H2,1-2H3. The average molecular weight is 245 g/mol. The lowest BCUT2D eigenvalue weighted by Crippen LogP contribution is -2.37. The van der Waals surface area contributed by atoms with Crippen LogP contribution in [0.3, 0.4) is 0 Å². The Hall–Kier alpha value is -1.58. The third kappa shape index (κ3) is 3.45. The molecule has 3 nitrogen and oxygen atoms in total. The number of hydrogen-bond acceptors (Lipinski definition) is 3. The van der Waals surface area contributed by atoms with Crippen molar-refractivity contribution < 1.29 is 9.52 Å². The number of furan rings is 1. The van der Waals surface area contributed by atoms with Crippen molar-refractivity contribution in [3.63, 3.8) is 0 Å². The molecule has 2 aromatic rings. The fourth-order valence-electron chi connectivity index (χ4n) is 1.84. The van der Waals surface area contributed by atoms with Crippen LogP contribution in [0.2, 0.25) is 0 Å². The second-order valence-corrected chi connectivity index (χ2v) is 5.05. The maximum Gasteiger partial charge on any atom is 0.125 e. The Morgan fingerprint density at radius 3 is 2.44 bits per heavy atom. The van der Waals surface area contributed by atoms with E-state index in [1.165, 1.54) is 0 Å². The number of nitrogens with one attached hydrogen (secondary N) is 1. The summed E-state index contributed by atoms with van der Waals surface area (Å²) in [6, 6.07) is 13.8. The van der Waals surface area contributed by atoms with Crippen molar-refractivity contribution in [2.45, 2.75) is 25.5 Å². The van der Waals surface area contributed by atoms with E-state index in [1.807, 2.05) is 42.5 Å². The fraction of sp³-hybridized carbons (Fsp3) is 0.333. The highest BCUT2D eigenvalue weighted by atomic mass is 16.3. The number of aliphatic hydroxyl groups is 1. The molecule has 1 heterocycles. The van der Waals surface area contributed by atoms with Gasteiger partial charge in [0.15, 0.2) is 0 Å². The van der Waals surface area contributed by atoms with Crippen molar-refractivity contribution in [3.8, 4) is 0 Å². The Morgan fingerprint density at radius 1 is 1.17 bits per heavy atom. The Morgan fingerprint density at radius 2 is 1.89 bits per heavy atom. The molecule has 2 rings (SSSR count). The van der Waals surface area contributed by atoms with Crippen LogP contribution in [-0.4, -0.2) is 17.3 Å². The molecule has 0 saturated heterocycles. The lowest BCUT2D eigenvalue weighted by atomic mass is 10.0. The highest BCUT2D eigenvalue weighted by molar-refractivity contribution is 5.26. The SMILES string of the molecule is CC(C)(O)CNC(c1ccccc1)c1ccco1. The van der Waals surface area contributed by atoms with Gasteiger partial charge in [-0.05, 0) is 31.5 Å². The molecule has 0 amide bonds. The van der Waals surface area contributed by atoms with E-state index in [9.17, 15) is 5.11 Å². The van der Waals surface area contributed by atoms with Gasteiger partial charge < -0.3 is 14.8 Å². The van der Waals surface area contributed by atoms with E-state index in [0.717, 1.165) is 11.3 Å². The second kappa shape index (κ2) is 5.38. The molecule has 0 aliphatic carbocycles. The number of benzene rings is 1. The van der Waals surface area contributed by atoms with Crippen molar-refractivity contribution >= 4 is 0 Å². The monoisotopic (exact) mass is 245 g/mol. The van der Waals surface area contributed by atoms with Gasteiger partial charge in [0.1, 0.15) is 5.76 Å². The van der Waals surface area contributed by atoms with Crippen molar-refractivity contribution in [1.29, 1.82) is 0 Å². The van der Waals surface area contributed by atoms with E-state index in [0.29, 0.717) is 6.54 Å². The smallest absolute Gasteiger partial charge is 0.125 e. The van der Waals surface area contributed by atoms with E-state index in [1.54, 1.807) is 20.1 Å². The highest BCUT2D eigenvalue weighted by Gasteiger charge is 2.20. The maximum absolute atomic E-state index is 9.82. The zero-order valence-electron chi connectivity index (χ0n) is 10.8.